The standard InChI is InChI=1S/C28H32N4O.C26H28BrN7/c1-21-18-25(30-28-12-5-6-17-32(21)28)26(33)15-14-24-20-31-19-23(13-16-27(31)29-24)11-7-10-22-8-3-2-4-9-22;1-26(2)5-7-32(8-6-26)13-18-3-4-25-29-21(15-33(25)14-18)16-34-17-24(30-31-34)22-10-20(27)9-19-11-28-12-23(19)22/h5-6,12-13,16-20,22H,1-4,7-11,14-15H2;3-4,9-10,12,14-15,17H,5-8,11,13,16H2,1-2H3. The highest BCUT2D eigenvalue weighted by molar-refractivity contribution is 9.10. The molecule has 5 aliphatic rings. The van der Waals surface area contributed by atoms with E-state index in [4.69, 9.17) is 9.97 Å². The molecule has 9 heterocycles. The number of benzene rings is 1. The minimum Gasteiger partial charge on any atom is -0.307 e. The molecule has 1 aromatic carbocycles. The molecule has 0 spiro atoms. The van der Waals surface area contributed by atoms with Gasteiger partial charge in [0.25, 0.3) is 0 Å². The van der Waals surface area contributed by atoms with Crippen LogP contribution in [0.4, 0.5) is 0 Å². The second-order valence-electron chi connectivity index (χ2n) is 19.7. The predicted molar refractivity (Wildman–Crippen MR) is 270 cm³/mol. The molecular weight excluding hydrogens is 899 g/mol. The Bertz CT molecular complexity index is 2960. The third-order valence-corrected chi connectivity index (χ3v) is 14.4. The van der Waals surface area contributed by atoms with E-state index in [0.29, 0.717) is 30.5 Å². The van der Waals surface area contributed by atoms with Crippen LogP contribution in [0.15, 0.2) is 130 Å². The number of pyridine rings is 2. The molecule has 0 radical (unpaired) electrons. The molecule has 6 aromatic rings. The van der Waals surface area contributed by atoms with E-state index in [2.05, 4.69) is 132 Å². The number of piperidine rings is 1. The summed E-state index contributed by atoms with van der Waals surface area (Å²) in [5.74, 6) is 1.69. The van der Waals surface area contributed by atoms with Gasteiger partial charge in [0.2, 0.25) is 0 Å². The average molecular weight is 959 g/mol. The average Bonchev–Trinajstić information content (AvgIpc) is 4.16. The molecule has 0 amide bonds. The monoisotopic (exact) mass is 957 g/mol. The van der Waals surface area contributed by atoms with Gasteiger partial charge in [-0.05, 0) is 116 Å². The van der Waals surface area contributed by atoms with Crippen LogP contribution < -0.4 is 0 Å². The van der Waals surface area contributed by atoms with Crippen molar-refractivity contribution in [3.63, 3.8) is 0 Å². The second-order valence-corrected chi connectivity index (χ2v) is 20.6. The molecule has 2 fully saturated rings. The highest BCUT2D eigenvalue weighted by Gasteiger charge is 2.26. The van der Waals surface area contributed by atoms with E-state index in [9.17, 15) is 4.79 Å². The maximum absolute atomic E-state index is 12.8. The molecule has 4 aliphatic heterocycles. The van der Waals surface area contributed by atoms with Gasteiger partial charge < -0.3 is 13.7 Å². The Morgan fingerprint density at radius 2 is 1.63 bits per heavy atom. The number of fused-ring (bicyclic) bond motifs is 4. The lowest BCUT2D eigenvalue weighted by Gasteiger charge is -2.36. The molecule has 1 saturated heterocycles. The largest absolute Gasteiger partial charge is 0.307 e. The van der Waals surface area contributed by atoms with E-state index in [1.807, 2.05) is 46.4 Å². The molecule has 5 aromatic heterocycles. The number of aryl methyl sites for hydroxylation is 2. The molecule has 67 heavy (non-hydrogen) atoms. The normalized spacial score (nSPS) is 18.0. The summed E-state index contributed by atoms with van der Waals surface area (Å²) in [5.41, 5.74) is 12.4. The summed E-state index contributed by atoms with van der Waals surface area (Å²) < 4.78 is 7.13. The number of aromatic nitrogens is 7. The maximum atomic E-state index is 12.8. The van der Waals surface area contributed by atoms with E-state index in [1.54, 1.807) is 6.08 Å². The molecule has 13 heteroatoms. The fourth-order valence-electron chi connectivity index (χ4n) is 10.00. The maximum Gasteiger partial charge on any atom is 0.181 e. The zero-order valence-corrected chi connectivity index (χ0v) is 40.4. The molecular formula is C54H60BrN11O. The van der Waals surface area contributed by atoms with E-state index >= 15 is 0 Å². The van der Waals surface area contributed by atoms with E-state index in [0.717, 1.165) is 80.9 Å². The fraction of sp³-hybridized carbons (Fsp3) is 0.389. The highest BCUT2D eigenvalue weighted by Crippen LogP contribution is 2.33. The SMILES string of the molecule is C=C1C=C(C(=O)CCc2cn3cc(CCCC4CCCCC4)ccc3n2)N=C2C=CC=CN12.CC1(C)CCN(Cc2ccc3nc(Cn4cc(-c5cc(Br)cc6c5C=NC6)nn4)cn3c2)CC1. The zero-order valence-electron chi connectivity index (χ0n) is 38.8. The van der Waals surface area contributed by atoms with E-state index < -0.39 is 0 Å². The molecule has 344 valence electrons. The van der Waals surface area contributed by atoms with Crippen LogP contribution in [-0.2, 0) is 37.3 Å². The van der Waals surface area contributed by atoms with Gasteiger partial charge in [-0.25, -0.2) is 19.6 Å². The van der Waals surface area contributed by atoms with Crippen molar-refractivity contribution < 1.29 is 4.79 Å². The third kappa shape index (κ3) is 10.7. The molecule has 1 saturated carbocycles. The number of likely N-dealkylation sites (tertiary alicyclic amines) is 1. The van der Waals surface area contributed by atoms with Crippen molar-refractivity contribution in [1.82, 2.24) is 43.6 Å². The number of allylic oxidation sites excluding steroid dienone is 4. The number of carbonyl (C=O) groups excluding carboxylic acids is 1. The Balaban J connectivity index is 0.000000157. The van der Waals surface area contributed by atoms with Crippen molar-refractivity contribution in [1.29, 1.82) is 0 Å². The van der Waals surface area contributed by atoms with Crippen molar-refractivity contribution in [2.75, 3.05) is 13.1 Å². The number of nitrogens with zero attached hydrogens (tertiary/aromatic N) is 11. The van der Waals surface area contributed by atoms with Gasteiger partial charge in [0.15, 0.2) is 5.78 Å². The molecule has 0 N–H and O–H groups in total. The van der Waals surface area contributed by atoms with Gasteiger partial charge in [-0.1, -0.05) is 98.3 Å². The number of Topliss-reactive ketones (excluding diaryl/α,β-unsaturated/α-hetero) is 1. The lowest BCUT2D eigenvalue weighted by molar-refractivity contribution is -0.115. The number of ketones is 1. The second kappa shape index (κ2) is 19.7. The van der Waals surface area contributed by atoms with Crippen molar-refractivity contribution >= 4 is 45.1 Å². The van der Waals surface area contributed by atoms with Crippen molar-refractivity contribution in [2.24, 2.45) is 21.3 Å². The third-order valence-electron chi connectivity index (χ3n) is 14.0. The Labute approximate surface area is 401 Å². The summed E-state index contributed by atoms with van der Waals surface area (Å²) in [4.78, 5) is 35.7. The molecule has 12 nitrogen and oxygen atoms in total. The molecule has 0 bridgehead atoms. The summed E-state index contributed by atoms with van der Waals surface area (Å²) in [6.07, 6.45) is 36.2. The van der Waals surface area contributed by atoms with Crippen LogP contribution in [0.2, 0.25) is 0 Å². The highest BCUT2D eigenvalue weighted by atomic mass is 79.9. The molecule has 0 atom stereocenters. The summed E-state index contributed by atoms with van der Waals surface area (Å²) in [5, 5.41) is 8.81. The van der Waals surface area contributed by atoms with Crippen LogP contribution >= 0.6 is 15.9 Å². The number of amidine groups is 1. The van der Waals surface area contributed by atoms with E-state index in [1.165, 1.54) is 87.6 Å². The van der Waals surface area contributed by atoms with Crippen LogP contribution in [0.25, 0.3) is 22.6 Å². The molecule has 11 rings (SSSR count). The van der Waals surface area contributed by atoms with Gasteiger partial charge in [-0.2, -0.15) is 0 Å². The first-order valence-corrected chi connectivity index (χ1v) is 24.9. The number of hydrogen-bond acceptors (Lipinski definition) is 9. The van der Waals surface area contributed by atoms with Crippen LogP contribution in [0.3, 0.4) is 0 Å². The Morgan fingerprint density at radius 3 is 2.45 bits per heavy atom. The van der Waals surface area contributed by atoms with Gasteiger partial charge in [0, 0.05) is 71.5 Å². The quantitative estimate of drug-likeness (QED) is 0.113. The summed E-state index contributed by atoms with van der Waals surface area (Å²) in [6.45, 7) is 13.4. The van der Waals surface area contributed by atoms with Crippen LogP contribution in [-0.4, -0.2) is 74.5 Å². The number of carbonyl (C=O) groups is 1. The van der Waals surface area contributed by atoms with Crippen LogP contribution in [0.1, 0.15) is 112 Å². The minimum atomic E-state index is 0.0201. The Kier molecular flexibility index (Phi) is 13.1. The van der Waals surface area contributed by atoms with Crippen molar-refractivity contribution in [3.05, 3.63) is 154 Å². The summed E-state index contributed by atoms with van der Waals surface area (Å²) >= 11 is 3.61. The molecule has 1 aliphatic carbocycles. The van der Waals surface area contributed by atoms with Gasteiger partial charge in [-0.15, -0.1) is 5.10 Å². The first-order chi connectivity index (χ1) is 32.6. The fourth-order valence-corrected chi connectivity index (χ4v) is 10.5. The van der Waals surface area contributed by atoms with Crippen molar-refractivity contribution in [3.8, 4) is 11.3 Å². The summed E-state index contributed by atoms with van der Waals surface area (Å²) in [7, 11) is 0. The van der Waals surface area contributed by atoms with Crippen LogP contribution in [0.5, 0.6) is 0 Å². The lowest BCUT2D eigenvalue weighted by Crippen LogP contribution is -2.36. The van der Waals surface area contributed by atoms with E-state index in [-0.39, 0.29) is 5.78 Å². The zero-order chi connectivity index (χ0) is 45.9. The van der Waals surface area contributed by atoms with Gasteiger partial charge in [0.1, 0.15) is 28.5 Å². The summed E-state index contributed by atoms with van der Waals surface area (Å²) in [6, 6.07) is 12.8. The lowest BCUT2D eigenvalue weighted by atomic mass is 9.82. The number of halogens is 1. The van der Waals surface area contributed by atoms with Crippen molar-refractivity contribution in [2.45, 2.75) is 111 Å². The smallest absolute Gasteiger partial charge is 0.181 e. The topological polar surface area (TPSA) is 114 Å². The number of rotatable bonds is 13. The first kappa shape index (κ1) is 44.8. The first-order valence-electron chi connectivity index (χ1n) is 24.1. The molecule has 0 unspecified atom stereocenters. The predicted octanol–water partition coefficient (Wildman–Crippen LogP) is 10.9. The minimum absolute atomic E-state index is 0.0201. The number of hydrogen-bond donors (Lipinski definition) is 0. The Hall–Kier alpha value is -6.05. The van der Waals surface area contributed by atoms with Crippen LogP contribution in [0, 0.1) is 11.3 Å². The number of imidazole rings is 2. The van der Waals surface area contributed by atoms with Gasteiger partial charge >= 0.3 is 0 Å². The van der Waals surface area contributed by atoms with Gasteiger partial charge in [-0.3, -0.25) is 14.7 Å². The Morgan fingerprint density at radius 1 is 0.866 bits per heavy atom. The number of aliphatic imine (C=N–C) groups is 2. The van der Waals surface area contributed by atoms with Gasteiger partial charge in [0.05, 0.1) is 30.7 Å².